The molecule has 0 aliphatic carbocycles. The molecule has 34 heavy (non-hydrogen) atoms. The molecule has 0 heterocycles. The number of likely N-dealkylation sites (N-methyl/N-ethyl adjacent to an activating group) is 1. The molecule has 10 heteroatoms. The molecular weight excluding hydrogens is 497 g/mol. The lowest BCUT2D eigenvalue weighted by Gasteiger charge is -2.31. The van der Waals surface area contributed by atoms with E-state index in [0.717, 1.165) is 5.56 Å². The zero-order valence-corrected chi connectivity index (χ0v) is 22.0. The van der Waals surface area contributed by atoms with Crippen molar-refractivity contribution in [2.45, 2.75) is 50.6 Å². The highest BCUT2D eigenvalue weighted by atomic mass is 35.5. The molecule has 1 unspecified atom stereocenters. The van der Waals surface area contributed by atoms with Gasteiger partial charge in [-0.2, -0.15) is 0 Å². The van der Waals surface area contributed by atoms with Crippen molar-refractivity contribution in [3.63, 3.8) is 0 Å². The van der Waals surface area contributed by atoms with E-state index in [2.05, 4.69) is 5.32 Å². The van der Waals surface area contributed by atoms with Crippen LogP contribution in [0.2, 0.25) is 10.0 Å². The number of benzene rings is 2. The zero-order valence-electron chi connectivity index (χ0n) is 19.6. The van der Waals surface area contributed by atoms with Gasteiger partial charge in [0.1, 0.15) is 6.04 Å². The molecule has 0 radical (unpaired) electrons. The molecule has 2 aromatic rings. The summed E-state index contributed by atoms with van der Waals surface area (Å²) in [6.45, 7) is 4.46. The van der Waals surface area contributed by atoms with Gasteiger partial charge in [0.15, 0.2) is 0 Å². The molecule has 2 aromatic carbocycles. The van der Waals surface area contributed by atoms with Gasteiger partial charge in [0, 0.05) is 33.1 Å². The maximum atomic E-state index is 13.2. The third kappa shape index (κ3) is 7.43. The number of sulfonamides is 1. The molecule has 0 aromatic heterocycles. The van der Waals surface area contributed by atoms with Gasteiger partial charge in [0.2, 0.25) is 21.8 Å². The normalized spacial score (nSPS) is 12.4. The Kier molecular flexibility index (Phi) is 10.8. The predicted molar refractivity (Wildman–Crippen MR) is 135 cm³/mol. The Morgan fingerprint density at radius 2 is 1.71 bits per heavy atom. The van der Waals surface area contributed by atoms with Gasteiger partial charge in [-0.05, 0) is 49.6 Å². The average molecular weight is 529 g/mol. The minimum Gasteiger partial charge on any atom is -0.355 e. The maximum absolute atomic E-state index is 13.2. The SMILES string of the molecule is CCNC(=O)C(CC)N(Cc1ccc(Cl)c(Cl)c1)C(=O)CCCN(C)S(=O)(=O)c1ccccc1. The van der Waals surface area contributed by atoms with Gasteiger partial charge >= 0.3 is 0 Å². The zero-order chi connectivity index (χ0) is 25.3. The standard InChI is InChI=1S/C24H31Cl2N3O4S/c1-4-22(24(31)27-5-2)29(17-18-13-14-20(25)21(26)16-18)23(30)12-9-15-28(3)34(32,33)19-10-7-6-8-11-19/h6-8,10-11,13-14,16,22H,4-5,9,12,15,17H2,1-3H3,(H,27,31). The van der Waals surface area contributed by atoms with Crippen LogP contribution in [0.5, 0.6) is 0 Å². The first-order chi connectivity index (χ1) is 16.1. The Bertz CT molecular complexity index is 1080. The summed E-state index contributed by atoms with van der Waals surface area (Å²) in [5, 5.41) is 3.55. The Balaban J connectivity index is 2.13. The topological polar surface area (TPSA) is 86.8 Å². The van der Waals surface area contributed by atoms with E-state index >= 15 is 0 Å². The lowest BCUT2D eigenvalue weighted by Crippen LogP contribution is -2.49. The van der Waals surface area contributed by atoms with Gasteiger partial charge in [0.25, 0.3) is 0 Å². The first-order valence-electron chi connectivity index (χ1n) is 11.1. The highest BCUT2D eigenvalue weighted by molar-refractivity contribution is 7.89. The summed E-state index contributed by atoms with van der Waals surface area (Å²) in [5.41, 5.74) is 0.745. The predicted octanol–water partition coefficient (Wildman–Crippen LogP) is 4.34. The molecule has 186 valence electrons. The molecule has 0 saturated heterocycles. The van der Waals surface area contributed by atoms with Crippen LogP contribution in [0.25, 0.3) is 0 Å². The average Bonchev–Trinajstić information content (AvgIpc) is 2.81. The van der Waals surface area contributed by atoms with E-state index in [1.807, 2.05) is 13.8 Å². The maximum Gasteiger partial charge on any atom is 0.242 e. The molecule has 0 aliphatic rings. The Morgan fingerprint density at radius 1 is 1.03 bits per heavy atom. The molecule has 2 amide bonds. The second kappa shape index (κ2) is 13.1. The largest absolute Gasteiger partial charge is 0.355 e. The number of hydrogen-bond acceptors (Lipinski definition) is 4. The summed E-state index contributed by atoms with van der Waals surface area (Å²) in [7, 11) is -2.15. The molecule has 0 fully saturated rings. The van der Waals surface area contributed by atoms with Crippen molar-refractivity contribution in [1.82, 2.24) is 14.5 Å². The number of nitrogens with one attached hydrogen (secondary N) is 1. The Hall–Kier alpha value is -2.13. The van der Waals surface area contributed by atoms with Crippen LogP contribution >= 0.6 is 23.2 Å². The van der Waals surface area contributed by atoms with Gasteiger partial charge in [-0.1, -0.05) is 54.4 Å². The number of carbonyl (C=O) groups is 2. The van der Waals surface area contributed by atoms with E-state index in [4.69, 9.17) is 23.2 Å². The van der Waals surface area contributed by atoms with Crippen LogP contribution in [0.4, 0.5) is 0 Å². The molecule has 0 bridgehead atoms. The van der Waals surface area contributed by atoms with Crippen LogP contribution in [0.3, 0.4) is 0 Å². The van der Waals surface area contributed by atoms with Crippen LogP contribution in [-0.2, 0) is 26.2 Å². The van der Waals surface area contributed by atoms with Gasteiger partial charge in [0.05, 0.1) is 14.9 Å². The smallest absolute Gasteiger partial charge is 0.242 e. The van der Waals surface area contributed by atoms with Gasteiger partial charge in [-0.25, -0.2) is 12.7 Å². The Morgan fingerprint density at radius 3 is 2.29 bits per heavy atom. The van der Waals surface area contributed by atoms with E-state index in [-0.39, 0.29) is 36.2 Å². The van der Waals surface area contributed by atoms with Gasteiger partial charge in [-0.3, -0.25) is 9.59 Å². The van der Waals surface area contributed by atoms with Gasteiger partial charge in [-0.15, -0.1) is 0 Å². The minimum absolute atomic E-state index is 0.0892. The molecule has 1 N–H and O–H groups in total. The summed E-state index contributed by atoms with van der Waals surface area (Å²) in [4.78, 5) is 27.6. The molecule has 0 saturated carbocycles. The second-order valence-electron chi connectivity index (χ2n) is 7.83. The third-order valence-electron chi connectivity index (χ3n) is 5.39. The first kappa shape index (κ1) is 28.1. The monoisotopic (exact) mass is 527 g/mol. The molecular formula is C24H31Cl2N3O4S. The van der Waals surface area contributed by atoms with Gasteiger partial charge < -0.3 is 10.2 Å². The Labute approximate surface area is 212 Å². The lowest BCUT2D eigenvalue weighted by atomic mass is 10.1. The van der Waals surface area contributed by atoms with E-state index in [1.165, 1.54) is 28.4 Å². The van der Waals surface area contributed by atoms with Crippen molar-refractivity contribution in [1.29, 1.82) is 0 Å². The number of carbonyl (C=O) groups excluding carboxylic acids is 2. The van der Waals surface area contributed by atoms with Crippen LogP contribution in [-0.4, -0.2) is 55.6 Å². The summed E-state index contributed by atoms with van der Waals surface area (Å²) in [6, 6.07) is 12.6. The van der Waals surface area contributed by atoms with Crippen molar-refractivity contribution in [3.05, 3.63) is 64.1 Å². The number of halogens is 2. The second-order valence-corrected chi connectivity index (χ2v) is 10.7. The number of nitrogens with zero attached hydrogens (tertiary/aromatic N) is 2. The highest BCUT2D eigenvalue weighted by Gasteiger charge is 2.28. The van der Waals surface area contributed by atoms with Crippen LogP contribution in [0.1, 0.15) is 38.7 Å². The fraction of sp³-hybridized carbons (Fsp3) is 0.417. The van der Waals surface area contributed by atoms with Crippen molar-refractivity contribution >= 4 is 45.0 Å². The third-order valence-corrected chi connectivity index (χ3v) is 8.00. The number of hydrogen-bond donors (Lipinski definition) is 1. The first-order valence-corrected chi connectivity index (χ1v) is 13.3. The number of amides is 2. The van der Waals surface area contributed by atoms with E-state index in [0.29, 0.717) is 29.4 Å². The van der Waals surface area contributed by atoms with E-state index in [9.17, 15) is 18.0 Å². The minimum atomic E-state index is -3.64. The van der Waals surface area contributed by atoms with Crippen molar-refractivity contribution in [2.75, 3.05) is 20.1 Å². The summed E-state index contributed by atoms with van der Waals surface area (Å²) in [6.07, 6.45) is 0.832. The number of rotatable bonds is 12. The van der Waals surface area contributed by atoms with Crippen molar-refractivity contribution < 1.29 is 18.0 Å². The molecule has 1 atom stereocenters. The van der Waals surface area contributed by atoms with E-state index in [1.54, 1.807) is 36.4 Å². The molecule has 7 nitrogen and oxygen atoms in total. The molecule has 2 rings (SSSR count). The highest BCUT2D eigenvalue weighted by Crippen LogP contribution is 2.24. The quantitative estimate of drug-likeness (QED) is 0.444. The summed E-state index contributed by atoms with van der Waals surface area (Å²) >= 11 is 12.1. The fourth-order valence-corrected chi connectivity index (χ4v) is 5.09. The fourth-order valence-electron chi connectivity index (χ4n) is 3.54. The van der Waals surface area contributed by atoms with E-state index < -0.39 is 16.1 Å². The lowest BCUT2D eigenvalue weighted by molar-refractivity contribution is -0.141. The summed E-state index contributed by atoms with van der Waals surface area (Å²) in [5.74, 6) is -0.475. The summed E-state index contributed by atoms with van der Waals surface area (Å²) < 4.78 is 26.7. The molecule has 0 spiro atoms. The van der Waals surface area contributed by atoms with Crippen LogP contribution in [0.15, 0.2) is 53.4 Å². The van der Waals surface area contributed by atoms with Crippen molar-refractivity contribution in [2.24, 2.45) is 0 Å². The molecule has 0 aliphatic heterocycles. The van der Waals surface area contributed by atoms with Crippen molar-refractivity contribution in [3.8, 4) is 0 Å². The van der Waals surface area contributed by atoms with Crippen LogP contribution < -0.4 is 5.32 Å². The van der Waals surface area contributed by atoms with Crippen LogP contribution in [0, 0.1) is 0 Å².